The number of pyridine rings is 1. The third kappa shape index (κ3) is 5.64. The second-order valence-electron chi connectivity index (χ2n) is 5.08. The molecule has 0 aliphatic carbocycles. The summed E-state index contributed by atoms with van der Waals surface area (Å²) in [6.45, 7) is -0.131. The summed E-state index contributed by atoms with van der Waals surface area (Å²) in [4.78, 5) is 14.6. The highest BCUT2D eigenvalue weighted by Crippen LogP contribution is 2.30. The van der Waals surface area contributed by atoms with Crippen LogP contribution in [0.3, 0.4) is 0 Å². The first-order valence-electron chi connectivity index (χ1n) is 7.18. The van der Waals surface area contributed by atoms with Gasteiger partial charge in [-0.15, -0.1) is 0 Å². The lowest BCUT2D eigenvalue weighted by Gasteiger charge is -2.14. The minimum Gasteiger partial charge on any atom is -0.491 e. The molecule has 9 heteroatoms. The van der Waals surface area contributed by atoms with Crippen LogP contribution in [-0.2, 0) is 6.18 Å². The van der Waals surface area contributed by atoms with E-state index < -0.39 is 23.8 Å². The summed E-state index contributed by atoms with van der Waals surface area (Å²) in [5, 5.41) is 21.4. The Kier molecular flexibility index (Phi) is 5.81. The summed E-state index contributed by atoms with van der Waals surface area (Å²) in [6.07, 6.45) is -5.39. The number of benzene rings is 1. The number of aliphatic hydroxyl groups excluding tert-OH is 1. The maximum absolute atomic E-state index is 12.4. The molecular formula is C16H15F3N2O4. The van der Waals surface area contributed by atoms with Gasteiger partial charge in [-0.05, 0) is 36.4 Å². The lowest BCUT2D eigenvalue weighted by Crippen LogP contribution is -2.26. The summed E-state index contributed by atoms with van der Waals surface area (Å²) in [5.41, 5.74) is -0.924. The van der Waals surface area contributed by atoms with E-state index in [1.165, 1.54) is 30.3 Å². The molecule has 0 radical (unpaired) electrons. The van der Waals surface area contributed by atoms with Gasteiger partial charge in [0.15, 0.2) is 5.69 Å². The number of hydrogen-bond donors (Lipinski definition) is 3. The van der Waals surface area contributed by atoms with E-state index in [4.69, 9.17) is 9.84 Å². The Morgan fingerprint density at radius 1 is 1.20 bits per heavy atom. The first kappa shape index (κ1) is 18.5. The van der Waals surface area contributed by atoms with Gasteiger partial charge >= 0.3 is 12.1 Å². The fraction of sp³-hybridized carbons (Fsp3) is 0.250. The zero-order valence-corrected chi connectivity index (χ0v) is 12.8. The van der Waals surface area contributed by atoms with Gasteiger partial charge in [0.1, 0.15) is 24.3 Å². The lowest BCUT2D eigenvalue weighted by atomic mass is 10.2. The molecule has 1 unspecified atom stereocenters. The highest BCUT2D eigenvalue weighted by Gasteiger charge is 2.30. The number of nitrogens with one attached hydrogen (secondary N) is 1. The molecule has 1 heterocycles. The van der Waals surface area contributed by atoms with Crippen LogP contribution in [0.25, 0.3) is 0 Å². The van der Waals surface area contributed by atoms with Crippen molar-refractivity contribution in [2.75, 3.05) is 18.5 Å². The van der Waals surface area contributed by atoms with E-state index >= 15 is 0 Å². The van der Waals surface area contributed by atoms with Gasteiger partial charge < -0.3 is 20.3 Å². The van der Waals surface area contributed by atoms with E-state index in [1.54, 1.807) is 0 Å². The lowest BCUT2D eigenvalue weighted by molar-refractivity contribution is -0.137. The van der Waals surface area contributed by atoms with Gasteiger partial charge in [0.05, 0.1) is 5.56 Å². The van der Waals surface area contributed by atoms with Crippen molar-refractivity contribution in [3.8, 4) is 5.75 Å². The smallest absolute Gasteiger partial charge is 0.416 e. The van der Waals surface area contributed by atoms with Crippen molar-refractivity contribution in [2.45, 2.75) is 12.3 Å². The number of aromatic carboxylic acids is 1. The Balaban J connectivity index is 1.82. The molecule has 0 fully saturated rings. The van der Waals surface area contributed by atoms with Crippen molar-refractivity contribution in [1.29, 1.82) is 0 Å². The second-order valence-corrected chi connectivity index (χ2v) is 5.08. The highest BCUT2D eigenvalue weighted by molar-refractivity contribution is 5.85. The zero-order chi connectivity index (χ0) is 18.4. The van der Waals surface area contributed by atoms with Crippen LogP contribution in [0.2, 0.25) is 0 Å². The predicted molar refractivity (Wildman–Crippen MR) is 82.6 cm³/mol. The normalized spacial score (nSPS) is 12.5. The number of aliphatic hydroxyl groups is 1. The Morgan fingerprint density at radius 2 is 1.88 bits per heavy atom. The SMILES string of the molecule is O=C(O)c1cccc(NCC(O)COc2ccc(C(F)(F)F)cc2)n1. The van der Waals surface area contributed by atoms with E-state index in [1.807, 2.05) is 0 Å². The van der Waals surface area contributed by atoms with Crippen molar-refractivity contribution in [3.63, 3.8) is 0 Å². The third-order valence-electron chi connectivity index (χ3n) is 3.11. The van der Waals surface area contributed by atoms with Crippen LogP contribution in [0.15, 0.2) is 42.5 Å². The number of aromatic nitrogens is 1. The molecule has 134 valence electrons. The molecule has 1 aromatic heterocycles. The van der Waals surface area contributed by atoms with Crippen LogP contribution < -0.4 is 10.1 Å². The monoisotopic (exact) mass is 356 g/mol. The van der Waals surface area contributed by atoms with Crippen molar-refractivity contribution in [1.82, 2.24) is 4.98 Å². The highest BCUT2D eigenvalue weighted by atomic mass is 19.4. The van der Waals surface area contributed by atoms with E-state index in [0.29, 0.717) is 0 Å². The quantitative estimate of drug-likeness (QED) is 0.706. The predicted octanol–water partition coefficient (Wildman–Crippen LogP) is 2.65. The molecule has 0 aliphatic heterocycles. The van der Waals surface area contributed by atoms with Crippen LogP contribution in [-0.4, -0.2) is 40.4 Å². The maximum Gasteiger partial charge on any atom is 0.416 e. The minimum atomic E-state index is -4.42. The van der Waals surface area contributed by atoms with E-state index in [2.05, 4.69) is 10.3 Å². The number of anilines is 1. The van der Waals surface area contributed by atoms with Gasteiger partial charge in [-0.25, -0.2) is 9.78 Å². The Hall–Kier alpha value is -2.81. The topological polar surface area (TPSA) is 91.7 Å². The van der Waals surface area contributed by atoms with Gasteiger partial charge in [-0.2, -0.15) is 13.2 Å². The molecule has 0 saturated carbocycles. The molecule has 25 heavy (non-hydrogen) atoms. The number of rotatable bonds is 7. The fourth-order valence-corrected chi connectivity index (χ4v) is 1.87. The van der Waals surface area contributed by atoms with Gasteiger partial charge in [-0.3, -0.25) is 0 Å². The number of alkyl halides is 3. The average Bonchev–Trinajstić information content (AvgIpc) is 2.58. The molecule has 0 spiro atoms. The Morgan fingerprint density at radius 3 is 2.48 bits per heavy atom. The average molecular weight is 356 g/mol. The summed E-state index contributed by atoms with van der Waals surface area (Å²) >= 11 is 0. The number of carboxylic acids is 1. The van der Waals surface area contributed by atoms with Crippen molar-refractivity contribution in [2.24, 2.45) is 0 Å². The molecule has 2 rings (SSSR count). The molecule has 0 amide bonds. The maximum atomic E-state index is 12.4. The molecule has 0 saturated heterocycles. The van der Waals surface area contributed by atoms with Crippen molar-refractivity contribution < 1.29 is 32.9 Å². The van der Waals surface area contributed by atoms with E-state index in [-0.39, 0.29) is 30.4 Å². The van der Waals surface area contributed by atoms with Crippen LogP contribution in [0, 0.1) is 0 Å². The van der Waals surface area contributed by atoms with Crippen LogP contribution in [0.1, 0.15) is 16.1 Å². The number of ether oxygens (including phenoxy) is 1. The Labute approximate surface area is 140 Å². The van der Waals surface area contributed by atoms with E-state index in [0.717, 1.165) is 12.1 Å². The van der Waals surface area contributed by atoms with Gasteiger partial charge in [-0.1, -0.05) is 6.07 Å². The van der Waals surface area contributed by atoms with Crippen LogP contribution >= 0.6 is 0 Å². The first-order valence-corrected chi connectivity index (χ1v) is 7.18. The van der Waals surface area contributed by atoms with Crippen molar-refractivity contribution >= 4 is 11.8 Å². The number of nitrogens with zero attached hydrogens (tertiary/aromatic N) is 1. The summed E-state index contributed by atoms with van der Waals surface area (Å²) in [5.74, 6) is -0.707. The number of carbonyl (C=O) groups is 1. The first-order chi connectivity index (χ1) is 11.8. The van der Waals surface area contributed by atoms with E-state index in [9.17, 15) is 23.1 Å². The number of halogens is 3. The standard InChI is InChI=1S/C16H15F3N2O4/c17-16(18,19)10-4-6-12(7-5-10)25-9-11(22)8-20-14-3-1-2-13(21-14)15(23)24/h1-7,11,22H,8-9H2,(H,20,21)(H,23,24). The van der Waals surface area contributed by atoms with Gasteiger partial charge in [0, 0.05) is 6.54 Å². The molecule has 3 N–H and O–H groups in total. The largest absolute Gasteiger partial charge is 0.491 e. The molecule has 0 aliphatic rings. The summed E-state index contributed by atoms with van der Waals surface area (Å²) in [6, 6.07) is 8.49. The molecule has 2 aromatic rings. The van der Waals surface area contributed by atoms with Crippen molar-refractivity contribution in [3.05, 3.63) is 53.7 Å². The molecule has 6 nitrogen and oxygen atoms in total. The minimum absolute atomic E-state index is 0.0245. The zero-order valence-electron chi connectivity index (χ0n) is 12.8. The number of carboxylic acid groups (broad SMARTS) is 1. The summed E-state index contributed by atoms with van der Waals surface area (Å²) in [7, 11) is 0. The van der Waals surface area contributed by atoms with Gasteiger partial charge in [0.2, 0.25) is 0 Å². The number of hydrogen-bond acceptors (Lipinski definition) is 5. The molecule has 0 bridgehead atoms. The molecular weight excluding hydrogens is 341 g/mol. The third-order valence-corrected chi connectivity index (χ3v) is 3.11. The van der Waals surface area contributed by atoms with Crippen LogP contribution in [0.5, 0.6) is 5.75 Å². The summed E-state index contributed by atoms with van der Waals surface area (Å²) < 4.78 is 42.5. The molecule has 1 atom stereocenters. The molecule has 1 aromatic carbocycles. The van der Waals surface area contributed by atoms with Crippen LogP contribution in [0.4, 0.5) is 19.0 Å². The fourth-order valence-electron chi connectivity index (χ4n) is 1.87. The second kappa shape index (κ2) is 7.84. The Bertz CT molecular complexity index is 720. The van der Waals surface area contributed by atoms with Gasteiger partial charge in [0.25, 0.3) is 0 Å².